The van der Waals surface area contributed by atoms with Crippen LogP contribution in [-0.2, 0) is 6.54 Å². The highest BCUT2D eigenvalue weighted by Crippen LogP contribution is 2.19. The summed E-state index contributed by atoms with van der Waals surface area (Å²) in [5.41, 5.74) is 1.19. The summed E-state index contributed by atoms with van der Waals surface area (Å²) in [7, 11) is 1.71. The molecule has 0 aliphatic heterocycles. The molecule has 0 saturated heterocycles. The van der Waals surface area contributed by atoms with Crippen molar-refractivity contribution in [3.63, 3.8) is 0 Å². The summed E-state index contributed by atoms with van der Waals surface area (Å²) in [6, 6.07) is 1.85. The van der Waals surface area contributed by atoms with Gasteiger partial charge in [-0.3, -0.25) is 4.79 Å². The van der Waals surface area contributed by atoms with Crippen LogP contribution in [0.3, 0.4) is 0 Å². The lowest BCUT2D eigenvalue weighted by Gasteiger charge is -2.17. The Labute approximate surface area is 129 Å². The van der Waals surface area contributed by atoms with E-state index in [1.807, 2.05) is 26.8 Å². The zero-order valence-corrected chi connectivity index (χ0v) is 13.3. The Bertz CT molecular complexity index is 652. The molecule has 0 aromatic carbocycles. The molecule has 21 heavy (non-hydrogen) atoms. The Morgan fingerprint density at radius 1 is 1.48 bits per heavy atom. The molecule has 0 aliphatic carbocycles. The van der Waals surface area contributed by atoms with E-state index in [-0.39, 0.29) is 22.5 Å². The van der Waals surface area contributed by atoms with Gasteiger partial charge in [-0.25, -0.2) is 9.97 Å². The summed E-state index contributed by atoms with van der Waals surface area (Å²) in [6.45, 7) is 6.24. The van der Waals surface area contributed by atoms with E-state index >= 15 is 0 Å². The van der Waals surface area contributed by atoms with Crippen LogP contribution in [0, 0.1) is 6.92 Å². The number of furan rings is 1. The monoisotopic (exact) mass is 307 g/mol. The fourth-order valence-corrected chi connectivity index (χ4v) is 2.06. The fourth-order valence-electron chi connectivity index (χ4n) is 1.89. The number of amides is 1. The summed E-state index contributed by atoms with van der Waals surface area (Å²) in [5, 5.41) is 0.264. The number of carbonyl (C=O) groups is 1. The van der Waals surface area contributed by atoms with Crippen LogP contribution in [0.15, 0.2) is 22.9 Å². The molecular weight excluding hydrogens is 290 g/mol. The topological polar surface area (TPSA) is 59.2 Å². The summed E-state index contributed by atoms with van der Waals surface area (Å²) >= 11 is 6.06. The summed E-state index contributed by atoms with van der Waals surface area (Å²) in [6.07, 6.45) is 3.09. The third-order valence-electron chi connectivity index (χ3n) is 3.20. The number of hydrogen-bond acceptors (Lipinski definition) is 4. The standard InChI is InChI=1S/C15H18ClN3O2/c1-9(2)14-17-7-12(16)13(18-14)15(20)19(4)8-11-5-6-21-10(11)3/h5-7,9H,8H2,1-4H3. The van der Waals surface area contributed by atoms with Gasteiger partial charge in [-0.2, -0.15) is 0 Å². The van der Waals surface area contributed by atoms with Gasteiger partial charge in [-0.15, -0.1) is 0 Å². The molecule has 0 aliphatic rings. The van der Waals surface area contributed by atoms with Crippen LogP contribution in [0.1, 0.15) is 47.4 Å². The predicted octanol–water partition coefficient (Wildman–Crippen LogP) is 3.43. The van der Waals surface area contributed by atoms with Gasteiger partial charge in [0.2, 0.25) is 0 Å². The Morgan fingerprint density at radius 2 is 2.19 bits per heavy atom. The molecule has 1 amide bonds. The van der Waals surface area contributed by atoms with Gasteiger partial charge in [0.1, 0.15) is 11.6 Å². The van der Waals surface area contributed by atoms with Gasteiger partial charge in [0.25, 0.3) is 5.91 Å². The van der Waals surface area contributed by atoms with E-state index in [0.717, 1.165) is 11.3 Å². The minimum atomic E-state index is -0.232. The maximum absolute atomic E-state index is 12.5. The molecule has 2 aromatic rings. The number of nitrogens with zero attached hydrogens (tertiary/aromatic N) is 3. The van der Waals surface area contributed by atoms with Crippen molar-refractivity contribution in [2.75, 3.05) is 7.05 Å². The van der Waals surface area contributed by atoms with Gasteiger partial charge in [0.15, 0.2) is 5.69 Å². The van der Waals surface area contributed by atoms with Crippen LogP contribution in [0.2, 0.25) is 5.02 Å². The lowest BCUT2D eigenvalue weighted by Crippen LogP contribution is -2.28. The van der Waals surface area contributed by atoms with Crippen molar-refractivity contribution in [3.05, 3.63) is 46.4 Å². The second kappa shape index (κ2) is 6.26. The van der Waals surface area contributed by atoms with Crippen molar-refractivity contribution in [2.24, 2.45) is 0 Å². The first-order valence-electron chi connectivity index (χ1n) is 6.71. The van der Waals surface area contributed by atoms with Crippen LogP contribution >= 0.6 is 11.6 Å². The van der Waals surface area contributed by atoms with Crippen molar-refractivity contribution in [2.45, 2.75) is 33.2 Å². The summed E-state index contributed by atoms with van der Waals surface area (Å²) in [5.74, 6) is 1.31. The van der Waals surface area contributed by atoms with E-state index in [0.29, 0.717) is 12.4 Å². The first-order valence-corrected chi connectivity index (χ1v) is 7.08. The molecule has 0 unspecified atom stereocenters. The van der Waals surface area contributed by atoms with Gasteiger partial charge < -0.3 is 9.32 Å². The van der Waals surface area contributed by atoms with E-state index in [4.69, 9.17) is 16.0 Å². The number of aryl methyl sites for hydroxylation is 1. The number of carbonyl (C=O) groups excluding carboxylic acids is 1. The summed E-state index contributed by atoms with van der Waals surface area (Å²) < 4.78 is 5.24. The third kappa shape index (κ3) is 3.42. The smallest absolute Gasteiger partial charge is 0.274 e. The van der Waals surface area contributed by atoms with Crippen LogP contribution in [0.5, 0.6) is 0 Å². The number of rotatable bonds is 4. The van der Waals surface area contributed by atoms with Gasteiger partial charge in [0, 0.05) is 25.1 Å². The first kappa shape index (κ1) is 15.5. The highest BCUT2D eigenvalue weighted by atomic mass is 35.5. The molecule has 0 radical (unpaired) electrons. The summed E-state index contributed by atoms with van der Waals surface area (Å²) in [4.78, 5) is 22.5. The number of aromatic nitrogens is 2. The molecule has 5 nitrogen and oxygen atoms in total. The second-order valence-corrected chi connectivity index (χ2v) is 5.65. The van der Waals surface area contributed by atoms with Gasteiger partial charge in [0.05, 0.1) is 17.5 Å². The predicted molar refractivity (Wildman–Crippen MR) is 80.4 cm³/mol. The molecule has 0 bridgehead atoms. The molecule has 112 valence electrons. The van der Waals surface area contributed by atoms with E-state index in [2.05, 4.69) is 9.97 Å². The van der Waals surface area contributed by atoms with Crippen molar-refractivity contribution in [1.29, 1.82) is 0 Å². The van der Waals surface area contributed by atoms with Crippen LogP contribution in [0.4, 0.5) is 0 Å². The zero-order chi connectivity index (χ0) is 15.6. The molecule has 2 aromatic heterocycles. The first-order chi connectivity index (χ1) is 9.90. The Kier molecular flexibility index (Phi) is 4.63. The quantitative estimate of drug-likeness (QED) is 0.868. The van der Waals surface area contributed by atoms with Crippen LogP contribution in [-0.4, -0.2) is 27.8 Å². The van der Waals surface area contributed by atoms with Gasteiger partial charge >= 0.3 is 0 Å². The van der Waals surface area contributed by atoms with Crippen molar-refractivity contribution in [3.8, 4) is 0 Å². The Hall–Kier alpha value is -1.88. The second-order valence-electron chi connectivity index (χ2n) is 5.24. The normalized spacial score (nSPS) is 11.0. The molecule has 2 rings (SSSR count). The maximum Gasteiger partial charge on any atom is 0.274 e. The van der Waals surface area contributed by atoms with Crippen LogP contribution in [0.25, 0.3) is 0 Å². The average molecular weight is 308 g/mol. The fraction of sp³-hybridized carbons (Fsp3) is 0.400. The highest BCUT2D eigenvalue weighted by Gasteiger charge is 2.20. The van der Waals surface area contributed by atoms with Crippen LogP contribution < -0.4 is 0 Å². The lowest BCUT2D eigenvalue weighted by molar-refractivity contribution is 0.0778. The van der Waals surface area contributed by atoms with Crippen molar-refractivity contribution < 1.29 is 9.21 Å². The molecule has 2 heterocycles. The SMILES string of the molecule is Cc1occc1CN(C)C(=O)c1nc(C(C)C)ncc1Cl. The Balaban J connectivity index is 2.23. The minimum absolute atomic E-state index is 0.134. The largest absolute Gasteiger partial charge is 0.469 e. The van der Waals surface area contributed by atoms with E-state index in [9.17, 15) is 4.79 Å². The molecular formula is C15H18ClN3O2. The molecule has 0 atom stereocenters. The lowest BCUT2D eigenvalue weighted by atomic mass is 10.2. The average Bonchev–Trinajstić information content (AvgIpc) is 2.83. The van der Waals surface area contributed by atoms with Crippen molar-refractivity contribution >= 4 is 17.5 Å². The highest BCUT2D eigenvalue weighted by molar-refractivity contribution is 6.33. The van der Waals surface area contributed by atoms with Crippen molar-refractivity contribution in [1.82, 2.24) is 14.9 Å². The maximum atomic E-state index is 12.5. The minimum Gasteiger partial charge on any atom is -0.469 e. The van der Waals surface area contributed by atoms with E-state index < -0.39 is 0 Å². The molecule has 0 N–H and O–H groups in total. The zero-order valence-electron chi connectivity index (χ0n) is 12.6. The van der Waals surface area contributed by atoms with E-state index in [1.165, 1.54) is 6.20 Å². The third-order valence-corrected chi connectivity index (χ3v) is 3.48. The molecule has 6 heteroatoms. The van der Waals surface area contributed by atoms with Gasteiger partial charge in [-0.1, -0.05) is 25.4 Å². The number of hydrogen-bond donors (Lipinski definition) is 0. The number of halogens is 1. The van der Waals surface area contributed by atoms with Gasteiger partial charge in [-0.05, 0) is 13.0 Å². The molecule has 0 saturated carbocycles. The van der Waals surface area contributed by atoms with E-state index in [1.54, 1.807) is 18.2 Å². The molecule has 0 fully saturated rings. The Morgan fingerprint density at radius 3 is 2.76 bits per heavy atom. The molecule has 0 spiro atoms.